The number of nitrogens with one attached hydrogen (secondary N) is 1. The molecule has 0 radical (unpaired) electrons. The molecule has 5 saturated heterocycles. The fourth-order valence-corrected chi connectivity index (χ4v) is 8.67. The van der Waals surface area contributed by atoms with Gasteiger partial charge in [0.25, 0.3) is 5.91 Å². The summed E-state index contributed by atoms with van der Waals surface area (Å²) in [7, 11) is 0. The molecular formula is C37H46ClN7O4. The first-order valence-corrected chi connectivity index (χ1v) is 18.1. The molecule has 0 aromatic heterocycles. The molecule has 11 nitrogen and oxygen atoms in total. The zero-order valence-corrected chi connectivity index (χ0v) is 28.7. The number of halogens is 1. The van der Waals surface area contributed by atoms with Gasteiger partial charge in [0.1, 0.15) is 0 Å². The molecule has 12 heteroatoms. The molecule has 6 heterocycles. The van der Waals surface area contributed by atoms with Crippen molar-refractivity contribution < 1.29 is 19.1 Å². The number of para-hydroxylation sites is 1. The lowest BCUT2D eigenvalue weighted by Gasteiger charge is -2.51. The maximum absolute atomic E-state index is 14.1. The molecule has 0 aliphatic carbocycles. The highest BCUT2D eigenvalue weighted by Crippen LogP contribution is 2.32. The number of nitrogen functional groups attached to an aromatic ring is 1. The number of urea groups is 1. The number of likely N-dealkylation sites (tertiary alicyclic amines) is 1. The second kappa shape index (κ2) is 14.5. The number of fused-ring (bicyclic) bond motifs is 4. The number of piperazine rings is 1. The predicted octanol–water partition coefficient (Wildman–Crippen LogP) is 3.74. The third kappa shape index (κ3) is 7.18. The third-order valence-electron chi connectivity index (χ3n) is 11.3. The van der Waals surface area contributed by atoms with Crippen molar-refractivity contribution in [2.75, 3.05) is 76.5 Å². The Morgan fingerprint density at radius 1 is 0.980 bits per heavy atom. The molecule has 49 heavy (non-hydrogen) atoms. The van der Waals surface area contributed by atoms with Crippen molar-refractivity contribution in [2.45, 2.75) is 56.7 Å². The van der Waals surface area contributed by atoms with Crippen LogP contribution >= 0.6 is 11.6 Å². The van der Waals surface area contributed by atoms with E-state index in [4.69, 9.17) is 28.5 Å². The van der Waals surface area contributed by atoms with Crippen molar-refractivity contribution in [3.8, 4) is 12.3 Å². The minimum atomic E-state index is -1.05. The number of ether oxygens (including phenoxy) is 1. The van der Waals surface area contributed by atoms with E-state index in [1.54, 1.807) is 17.0 Å². The number of nitrogens with zero attached hydrogens (tertiary/aromatic N) is 5. The van der Waals surface area contributed by atoms with Gasteiger partial charge in [0.05, 0.1) is 10.7 Å². The van der Waals surface area contributed by atoms with Gasteiger partial charge in [0.15, 0.2) is 6.10 Å². The fourth-order valence-electron chi connectivity index (χ4n) is 8.42. The zero-order valence-electron chi connectivity index (χ0n) is 28.0. The van der Waals surface area contributed by atoms with Gasteiger partial charge in [-0.25, -0.2) is 9.59 Å². The molecule has 8 rings (SSSR count). The maximum atomic E-state index is 14.1. The standard InChI is InChI=1S/C37H46ClN7O4/c1-2-26-21-25(22-30(38)34(26)39)23-33(35(46)43-19-17-42(18-20-43)32-24-41-12-7-28(32)8-13-41)49-37(48)44-14-10-29(11-15-44)45-16-9-27-5-3-4-6-31(27)40-36(45)47/h1,3-6,21-22,28-29,32-33H,7-20,23-24,39H2,(H,40,47)/t32?,33-/m1/s1. The van der Waals surface area contributed by atoms with Crippen LogP contribution in [0.3, 0.4) is 0 Å². The molecular weight excluding hydrogens is 642 g/mol. The molecule has 6 aliphatic heterocycles. The van der Waals surface area contributed by atoms with Gasteiger partial charge >= 0.3 is 12.1 Å². The first-order valence-electron chi connectivity index (χ1n) is 17.7. The van der Waals surface area contributed by atoms with E-state index in [-0.39, 0.29) is 24.4 Å². The van der Waals surface area contributed by atoms with Gasteiger partial charge in [-0.15, -0.1) is 6.42 Å². The summed E-state index contributed by atoms with van der Waals surface area (Å²) >= 11 is 6.40. The lowest BCUT2D eigenvalue weighted by molar-refractivity contribution is -0.143. The summed E-state index contributed by atoms with van der Waals surface area (Å²) in [6, 6.07) is 11.7. The number of carbonyl (C=O) groups excluding carboxylic acids is 3. The first kappa shape index (κ1) is 33.5. The summed E-state index contributed by atoms with van der Waals surface area (Å²) in [5, 5.41) is 3.35. The number of rotatable bonds is 6. The van der Waals surface area contributed by atoms with E-state index >= 15 is 0 Å². The summed E-state index contributed by atoms with van der Waals surface area (Å²) in [5.74, 6) is 3.08. The van der Waals surface area contributed by atoms with Crippen LogP contribution in [0.1, 0.15) is 42.4 Å². The Morgan fingerprint density at radius 2 is 1.71 bits per heavy atom. The van der Waals surface area contributed by atoms with Crippen LogP contribution in [0.25, 0.3) is 0 Å². The second-order valence-electron chi connectivity index (χ2n) is 14.1. The van der Waals surface area contributed by atoms with E-state index in [0.29, 0.717) is 73.4 Å². The highest BCUT2D eigenvalue weighted by atomic mass is 35.5. The minimum absolute atomic E-state index is 0.00219. The maximum Gasteiger partial charge on any atom is 0.410 e. The molecule has 0 spiro atoms. The normalized spacial score (nSPS) is 25.2. The summed E-state index contributed by atoms with van der Waals surface area (Å²) < 4.78 is 6.06. The third-order valence-corrected chi connectivity index (χ3v) is 11.6. The summed E-state index contributed by atoms with van der Waals surface area (Å²) in [6.07, 6.45) is 8.75. The van der Waals surface area contributed by atoms with Gasteiger partial charge < -0.3 is 35.4 Å². The smallest absolute Gasteiger partial charge is 0.410 e. The molecule has 3 N–H and O–H groups in total. The van der Waals surface area contributed by atoms with Gasteiger partial charge in [-0.3, -0.25) is 9.69 Å². The van der Waals surface area contributed by atoms with Gasteiger partial charge in [0.2, 0.25) is 0 Å². The van der Waals surface area contributed by atoms with Gasteiger partial charge in [0, 0.05) is 82.1 Å². The van der Waals surface area contributed by atoms with Gasteiger partial charge in [-0.05, 0) is 80.4 Å². The highest BCUT2D eigenvalue weighted by Gasteiger charge is 2.40. The number of hydrogen-bond acceptors (Lipinski definition) is 7. The van der Waals surface area contributed by atoms with Crippen LogP contribution in [0, 0.1) is 18.3 Å². The molecule has 2 atom stereocenters. The first-order chi connectivity index (χ1) is 23.8. The van der Waals surface area contributed by atoms with Crippen LogP contribution < -0.4 is 11.1 Å². The Kier molecular flexibility index (Phi) is 9.90. The van der Waals surface area contributed by atoms with Crippen LogP contribution in [0.2, 0.25) is 5.02 Å². The van der Waals surface area contributed by atoms with Crippen LogP contribution in [0.5, 0.6) is 0 Å². The van der Waals surface area contributed by atoms with E-state index in [2.05, 4.69) is 21.0 Å². The number of carbonyl (C=O) groups is 3. The number of amides is 4. The van der Waals surface area contributed by atoms with Crippen LogP contribution in [-0.2, 0) is 22.4 Å². The Hall–Kier alpha value is -3.98. The molecule has 2 aromatic rings. The number of hydrogen-bond donors (Lipinski definition) is 2. The molecule has 260 valence electrons. The second-order valence-corrected chi connectivity index (χ2v) is 14.5. The van der Waals surface area contributed by atoms with E-state index in [0.717, 1.165) is 43.2 Å². The van der Waals surface area contributed by atoms with Crippen LogP contribution in [0.4, 0.5) is 21.0 Å². The number of piperidine rings is 4. The predicted molar refractivity (Wildman–Crippen MR) is 189 cm³/mol. The largest absolute Gasteiger partial charge is 0.436 e. The van der Waals surface area contributed by atoms with E-state index in [1.165, 1.54) is 25.9 Å². The average molecular weight is 688 g/mol. The van der Waals surface area contributed by atoms with Crippen LogP contribution in [0.15, 0.2) is 36.4 Å². The molecule has 2 bridgehead atoms. The molecule has 4 amide bonds. The molecule has 1 unspecified atom stereocenters. The average Bonchev–Trinajstić information content (AvgIpc) is 3.31. The fraction of sp³-hybridized carbons (Fsp3) is 0.541. The van der Waals surface area contributed by atoms with Crippen molar-refractivity contribution in [3.05, 3.63) is 58.1 Å². The summed E-state index contributed by atoms with van der Waals surface area (Å²) in [5.41, 5.74) is 9.46. The van der Waals surface area contributed by atoms with Crippen molar-refractivity contribution in [3.63, 3.8) is 0 Å². The van der Waals surface area contributed by atoms with Crippen molar-refractivity contribution in [1.29, 1.82) is 0 Å². The Morgan fingerprint density at radius 3 is 2.41 bits per heavy atom. The topological polar surface area (TPSA) is 115 Å². The number of anilines is 2. The molecule has 6 aliphatic rings. The number of benzene rings is 2. The zero-order chi connectivity index (χ0) is 34.1. The highest BCUT2D eigenvalue weighted by molar-refractivity contribution is 6.33. The SMILES string of the molecule is C#Cc1cc(C[C@@H](OC(=O)N2CCC(N3CCc4ccccc4NC3=O)CC2)C(=O)N2CCN(C3CN4CCC3CC4)CC2)cc(Cl)c1N. The minimum Gasteiger partial charge on any atom is -0.436 e. The number of terminal acetylenes is 1. The quantitative estimate of drug-likeness (QED) is 0.351. The van der Waals surface area contributed by atoms with Gasteiger partial charge in [-0.2, -0.15) is 0 Å². The van der Waals surface area contributed by atoms with E-state index in [1.807, 2.05) is 34.1 Å². The van der Waals surface area contributed by atoms with Crippen molar-refractivity contribution in [2.24, 2.45) is 5.92 Å². The Labute approximate surface area is 293 Å². The van der Waals surface area contributed by atoms with E-state index < -0.39 is 12.2 Å². The molecule has 5 fully saturated rings. The monoisotopic (exact) mass is 687 g/mol. The lowest BCUT2D eigenvalue weighted by atomic mass is 9.83. The Balaban J connectivity index is 0.998. The van der Waals surface area contributed by atoms with Crippen molar-refractivity contribution in [1.82, 2.24) is 24.5 Å². The molecule has 2 aromatic carbocycles. The summed E-state index contributed by atoms with van der Waals surface area (Å²) in [6.45, 7) is 7.75. The Bertz CT molecular complexity index is 1610. The lowest BCUT2D eigenvalue weighted by Crippen LogP contribution is -2.62. The molecule has 0 saturated carbocycles. The van der Waals surface area contributed by atoms with Crippen LogP contribution in [-0.4, -0.2) is 126 Å². The summed E-state index contributed by atoms with van der Waals surface area (Å²) in [4.78, 5) is 51.4. The van der Waals surface area contributed by atoms with Gasteiger partial charge in [-0.1, -0.05) is 35.7 Å². The van der Waals surface area contributed by atoms with Crippen molar-refractivity contribution >= 4 is 41.0 Å². The van der Waals surface area contributed by atoms with E-state index in [9.17, 15) is 14.4 Å². The number of nitrogens with two attached hydrogens (primary N) is 1.